The second-order valence-electron chi connectivity index (χ2n) is 3.07. The van der Waals surface area contributed by atoms with Gasteiger partial charge in [-0.15, -0.1) is 0 Å². The topological polar surface area (TPSA) is 72.2 Å². The predicted octanol–water partition coefficient (Wildman–Crippen LogP) is 0.301. The third-order valence-corrected chi connectivity index (χ3v) is 2.08. The Balaban J connectivity index is 2.76. The number of nitrogens with zero attached hydrogens (tertiary/aromatic N) is 2. The van der Waals surface area contributed by atoms with E-state index in [9.17, 15) is 14.7 Å². The van der Waals surface area contributed by atoms with E-state index in [2.05, 4.69) is 4.98 Å². The average molecular weight is 204 g/mol. The summed E-state index contributed by atoms with van der Waals surface area (Å²) in [6, 6.07) is 4.35. The number of carbonyl (C=O) groups excluding carboxylic acids is 1. The molecule has 15 heavy (non-hydrogen) atoms. The molecule has 0 unspecified atom stereocenters. The largest absolute Gasteiger partial charge is 0.508 e. The van der Waals surface area contributed by atoms with Crippen LogP contribution in [-0.2, 0) is 11.3 Å². The van der Waals surface area contributed by atoms with Crippen LogP contribution in [0.4, 0.5) is 0 Å². The number of phenols is 1. The van der Waals surface area contributed by atoms with E-state index in [1.165, 1.54) is 23.0 Å². The van der Waals surface area contributed by atoms with Crippen molar-refractivity contribution < 1.29 is 9.90 Å². The van der Waals surface area contributed by atoms with E-state index in [4.69, 9.17) is 0 Å². The smallest absolute Gasteiger partial charge is 0.261 e. The van der Waals surface area contributed by atoms with Gasteiger partial charge in [0.15, 0.2) is 0 Å². The lowest BCUT2D eigenvalue weighted by Crippen LogP contribution is -2.21. The fourth-order valence-electron chi connectivity index (χ4n) is 1.36. The maximum atomic E-state index is 11.7. The summed E-state index contributed by atoms with van der Waals surface area (Å²) < 4.78 is 1.19. The Morgan fingerprint density at radius 3 is 3.00 bits per heavy atom. The van der Waals surface area contributed by atoms with Crippen LogP contribution >= 0.6 is 0 Å². The maximum Gasteiger partial charge on any atom is 0.261 e. The molecular formula is C10H8N2O3. The minimum Gasteiger partial charge on any atom is -0.508 e. The molecule has 0 radical (unpaired) electrons. The molecule has 0 aliphatic rings. The van der Waals surface area contributed by atoms with Crippen molar-refractivity contribution in [1.29, 1.82) is 0 Å². The molecule has 0 spiro atoms. The molecule has 0 fully saturated rings. The Morgan fingerprint density at radius 2 is 2.27 bits per heavy atom. The van der Waals surface area contributed by atoms with E-state index in [0.29, 0.717) is 17.2 Å². The number of phenolic OH excluding ortho intramolecular Hbond substituents is 1. The van der Waals surface area contributed by atoms with Crippen molar-refractivity contribution in [2.24, 2.45) is 0 Å². The van der Waals surface area contributed by atoms with Crippen molar-refractivity contribution >= 4 is 17.2 Å². The summed E-state index contributed by atoms with van der Waals surface area (Å²) in [4.78, 5) is 26.0. The van der Waals surface area contributed by atoms with Gasteiger partial charge in [-0.1, -0.05) is 0 Å². The first kappa shape index (κ1) is 9.39. The lowest BCUT2D eigenvalue weighted by Gasteiger charge is -2.02. The first-order valence-electron chi connectivity index (χ1n) is 4.34. The molecule has 5 heteroatoms. The van der Waals surface area contributed by atoms with Crippen LogP contribution in [0.2, 0.25) is 0 Å². The van der Waals surface area contributed by atoms with Gasteiger partial charge in [0, 0.05) is 0 Å². The van der Waals surface area contributed by atoms with Gasteiger partial charge >= 0.3 is 0 Å². The van der Waals surface area contributed by atoms with Gasteiger partial charge in [-0.25, -0.2) is 4.98 Å². The fraction of sp³-hybridized carbons (Fsp3) is 0.100. The van der Waals surface area contributed by atoms with Gasteiger partial charge in [0.25, 0.3) is 5.56 Å². The average Bonchev–Trinajstić information content (AvgIpc) is 2.23. The van der Waals surface area contributed by atoms with Crippen molar-refractivity contribution in [3.63, 3.8) is 0 Å². The third-order valence-electron chi connectivity index (χ3n) is 2.08. The highest BCUT2D eigenvalue weighted by atomic mass is 16.3. The van der Waals surface area contributed by atoms with Crippen molar-refractivity contribution in [3.05, 3.63) is 34.9 Å². The Labute approximate surface area is 84.6 Å². The molecular weight excluding hydrogens is 196 g/mol. The summed E-state index contributed by atoms with van der Waals surface area (Å²) in [6.07, 6.45) is 1.94. The van der Waals surface area contributed by atoms with Crippen molar-refractivity contribution in [1.82, 2.24) is 9.55 Å². The molecule has 2 aromatic rings. The van der Waals surface area contributed by atoms with Crippen LogP contribution in [0.3, 0.4) is 0 Å². The number of aromatic hydroxyl groups is 1. The van der Waals surface area contributed by atoms with Crippen LogP contribution in [0, 0.1) is 0 Å². The Kier molecular flexibility index (Phi) is 2.21. The van der Waals surface area contributed by atoms with Crippen molar-refractivity contribution in [2.45, 2.75) is 6.54 Å². The van der Waals surface area contributed by atoms with Gasteiger partial charge in [0.05, 0.1) is 23.8 Å². The third kappa shape index (κ3) is 1.59. The van der Waals surface area contributed by atoms with Gasteiger partial charge in [-0.2, -0.15) is 0 Å². The molecule has 0 amide bonds. The highest BCUT2D eigenvalue weighted by Gasteiger charge is 2.03. The predicted molar refractivity (Wildman–Crippen MR) is 53.7 cm³/mol. The molecule has 0 aliphatic heterocycles. The maximum absolute atomic E-state index is 11.7. The summed E-state index contributed by atoms with van der Waals surface area (Å²) in [5.41, 5.74) is 0.169. The van der Waals surface area contributed by atoms with Crippen LogP contribution in [-0.4, -0.2) is 20.9 Å². The normalized spacial score (nSPS) is 10.4. The molecule has 1 aromatic heterocycles. The lowest BCUT2D eigenvalue weighted by atomic mass is 10.2. The number of carbonyl (C=O) groups is 1. The monoisotopic (exact) mass is 204 g/mol. The molecule has 76 valence electrons. The number of hydrogen-bond acceptors (Lipinski definition) is 4. The zero-order valence-electron chi connectivity index (χ0n) is 7.75. The molecule has 1 heterocycles. The van der Waals surface area contributed by atoms with Gasteiger partial charge in [-0.3, -0.25) is 9.36 Å². The van der Waals surface area contributed by atoms with E-state index >= 15 is 0 Å². The van der Waals surface area contributed by atoms with E-state index in [0.717, 1.165) is 0 Å². The van der Waals surface area contributed by atoms with E-state index < -0.39 is 0 Å². The van der Waals surface area contributed by atoms with Crippen LogP contribution in [0.5, 0.6) is 5.75 Å². The second kappa shape index (κ2) is 3.53. The first-order chi connectivity index (χ1) is 7.22. The summed E-state index contributed by atoms with van der Waals surface area (Å²) >= 11 is 0. The molecule has 0 aliphatic carbocycles. The summed E-state index contributed by atoms with van der Waals surface area (Å²) in [5, 5.41) is 9.53. The molecule has 1 N–H and O–H groups in total. The molecule has 5 nitrogen and oxygen atoms in total. The number of aromatic nitrogens is 2. The lowest BCUT2D eigenvalue weighted by molar-refractivity contribution is -0.108. The number of fused-ring (bicyclic) bond motifs is 1. The molecule has 0 atom stereocenters. The quantitative estimate of drug-likeness (QED) is 0.714. The molecule has 0 saturated carbocycles. The molecule has 0 saturated heterocycles. The summed E-state index contributed by atoms with van der Waals surface area (Å²) in [5.74, 6) is 0.00486. The van der Waals surface area contributed by atoms with Crippen LogP contribution < -0.4 is 5.56 Å². The summed E-state index contributed by atoms with van der Waals surface area (Å²) in [7, 11) is 0. The second-order valence-corrected chi connectivity index (χ2v) is 3.07. The van der Waals surface area contributed by atoms with Gasteiger partial charge in [0.1, 0.15) is 12.0 Å². The Morgan fingerprint density at radius 1 is 1.47 bits per heavy atom. The minimum absolute atomic E-state index is 0.00486. The van der Waals surface area contributed by atoms with Crippen LogP contribution in [0.15, 0.2) is 29.3 Å². The first-order valence-corrected chi connectivity index (χ1v) is 4.34. The number of rotatable bonds is 2. The standard InChI is InChI=1S/C10H8N2O3/c13-4-3-12-6-11-9-2-1-7(14)5-8(9)10(12)15/h1-2,4-6,14H,3H2. The number of aldehydes is 1. The minimum atomic E-state index is -0.331. The zero-order chi connectivity index (χ0) is 10.8. The van der Waals surface area contributed by atoms with Crippen molar-refractivity contribution in [2.75, 3.05) is 0 Å². The van der Waals surface area contributed by atoms with Gasteiger partial charge in [-0.05, 0) is 18.2 Å². The Bertz CT molecular complexity index is 574. The SMILES string of the molecule is O=CCn1cnc2ccc(O)cc2c1=O. The van der Waals surface area contributed by atoms with Gasteiger partial charge < -0.3 is 9.90 Å². The highest BCUT2D eigenvalue weighted by molar-refractivity contribution is 5.78. The van der Waals surface area contributed by atoms with Gasteiger partial charge in [0.2, 0.25) is 0 Å². The fourth-order valence-corrected chi connectivity index (χ4v) is 1.36. The Hall–Kier alpha value is -2.17. The van der Waals surface area contributed by atoms with E-state index in [-0.39, 0.29) is 17.9 Å². The number of hydrogen-bond donors (Lipinski definition) is 1. The molecule has 2 rings (SSSR count). The van der Waals surface area contributed by atoms with E-state index in [1.54, 1.807) is 6.07 Å². The van der Waals surface area contributed by atoms with Crippen LogP contribution in [0.1, 0.15) is 0 Å². The molecule has 1 aromatic carbocycles. The van der Waals surface area contributed by atoms with Crippen molar-refractivity contribution in [3.8, 4) is 5.75 Å². The molecule has 0 bridgehead atoms. The van der Waals surface area contributed by atoms with E-state index in [1.807, 2.05) is 0 Å². The highest BCUT2D eigenvalue weighted by Crippen LogP contribution is 2.14. The summed E-state index contributed by atoms with van der Waals surface area (Å²) in [6.45, 7) is -0.0303. The van der Waals surface area contributed by atoms with Crippen LogP contribution in [0.25, 0.3) is 10.9 Å². The zero-order valence-corrected chi connectivity index (χ0v) is 7.75. The number of benzene rings is 1.